The lowest BCUT2D eigenvalue weighted by atomic mass is 10.3. The van der Waals surface area contributed by atoms with Crippen LogP contribution in [0.25, 0.3) is 0 Å². The van der Waals surface area contributed by atoms with E-state index in [0.29, 0.717) is 5.92 Å². The zero-order valence-corrected chi connectivity index (χ0v) is 12.1. The summed E-state index contributed by atoms with van der Waals surface area (Å²) in [5.74, 6) is 0.395. The second kappa shape index (κ2) is 5.37. The maximum atomic E-state index is 12.2. The summed E-state index contributed by atoms with van der Waals surface area (Å²) in [6.07, 6.45) is 1.79. The van der Waals surface area contributed by atoms with Crippen LogP contribution < -0.4 is 10.0 Å². The lowest BCUT2D eigenvalue weighted by Gasteiger charge is -2.08. The summed E-state index contributed by atoms with van der Waals surface area (Å²) in [5.41, 5.74) is 0.0324. The van der Waals surface area contributed by atoms with Gasteiger partial charge in [-0.25, -0.2) is 13.1 Å². The predicted octanol–water partition coefficient (Wildman–Crippen LogP) is 1.71. The van der Waals surface area contributed by atoms with Gasteiger partial charge in [-0.3, -0.25) is 10.1 Å². The fourth-order valence-corrected chi connectivity index (χ4v) is 3.50. The van der Waals surface area contributed by atoms with E-state index in [1.54, 1.807) is 0 Å². The van der Waals surface area contributed by atoms with Gasteiger partial charge in [-0.05, 0) is 24.5 Å². The monoisotopic (exact) mass is 299 g/mol. The van der Waals surface area contributed by atoms with Crippen LogP contribution >= 0.6 is 0 Å². The molecule has 20 heavy (non-hydrogen) atoms. The van der Waals surface area contributed by atoms with Crippen LogP contribution in [-0.2, 0) is 10.0 Å². The molecule has 0 radical (unpaired) electrons. The summed E-state index contributed by atoms with van der Waals surface area (Å²) >= 11 is 0. The maximum Gasteiger partial charge on any atom is 0.292 e. The number of anilines is 1. The number of nitrogens with one attached hydrogen (secondary N) is 2. The second-order valence-electron chi connectivity index (χ2n) is 4.82. The molecule has 2 rings (SSSR count). The van der Waals surface area contributed by atoms with E-state index >= 15 is 0 Å². The minimum absolute atomic E-state index is 0.0155. The first-order valence-corrected chi connectivity index (χ1v) is 7.86. The van der Waals surface area contributed by atoms with E-state index in [4.69, 9.17) is 0 Å². The fraction of sp³-hybridized carbons (Fsp3) is 0.500. The summed E-state index contributed by atoms with van der Waals surface area (Å²) in [6, 6.07) is 3.72. The van der Waals surface area contributed by atoms with Gasteiger partial charge in [0, 0.05) is 19.2 Å². The summed E-state index contributed by atoms with van der Waals surface area (Å²) in [5, 5.41) is 13.5. The Labute approximate surface area is 117 Å². The first-order valence-electron chi connectivity index (χ1n) is 6.37. The summed E-state index contributed by atoms with van der Waals surface area (Å²) in [6.45, 7) is 2.02. The standard InChI is InChI=1S/C12H17N3O4S/c1-3-8-6-10(8)14-20(18,19)9-4-5-12(15(16)17)11(7-9)13-2/h4-5,7-8,10,13-14H,3,6H2,1-2H3. The van der Waals surface area contributed by atoms with E-state index in [9.17, 15) is 18.5 Å². The van der Waals surface area contributed by atoms with Crippen LogP contribution in [0.4, 0.5) is 11.4 Å². The molecule has 0 spiro atoms. The number of sulfonamides is 1. The summed E-state index contributed by atoms with van der Waals surface area (Å²) < 4.78 is 27.0. The van der Waals surface area contributed by atoms with Crippen molar-refractivity contribution in [3.63, 3.8) is 0 Å². The highest BCUT2D eigenvalue weighted by atomic mass is 32.2. The molecule has 0 heterocycles. The molecule has 7 nitrogen and oxygen atoms in total. The van der Waals surface area contributed by atoms with Gasteiger partial charge < -0.3 is 5.32 Å². The molecule has 1 aliphatic rings. The van der Waals surface area contributed by atoms with Gasteiger partial charge in [0.05, 0.1) is 9.82 Å². The third kappa shape index (κ3) is 2.91. The number of hydrogen-bond donors (Lipinski definition) is 2. The number of nitro groups is 1. The number of nitro benzene ring substituents is 1. The molecular weight excluding hydrogens is 282 g/mol. The molecule has 1 aromatic rings. The van der Waals surface area contributed by atoms with Gasteiger partial charge in [0.25, 0.3) is 5.69 Å². The van der Waals surface area contributed by atoms with Crippen LogP contribution in [-0.4, -0.2) is 26.4 Å². The third-order valence-corrected chi connectivity index (χ3v) is 4.99. The highest BCUT2D eigenvalue weighted by Crippen LogP contribution is 2.35. The van der Waals surface area contributed by atoms with Gasteiger partial charge in [-0.15, -0.1) is 0 Å². The first kappa shape index (κ1) is 14.7. The Morgan fingerprint density at radius 1 is 1.45 bits per heavy atom. The van der Waals surface area contributed by atoms with Crippen molar-refractivity contribution in [2.45, 2.75) is 30.7 Å². The molecule has 8 heteroatoms. The molecule has 1 fully saturated rings. The van der Waals surface area contributed by atoms with E-state index in [1.807, 2.05) is 6.92 Å². The summed E-state index contributed by atoms with van der Waals surface area (Å²) in [7, 11) is -2.11. The van der Waals surface area contributed by atoms with Crippen molar-refractivity contribution in [2.24, 2.45) is 5.92 Å². The van der Waals surface area contributed by atoms with Crippen molar-refractivity contribution < 1.29 is 13.3 Å². The molecular formula is C12H17N3O4S. The molecule has 0 aliphatic heterocycles. The normalized spacial score (nSPS) is 21.5. The highest BCUT2D eigenvalue weighted by molar-refractivity contribution is 7.89. The van der Waals surface area contributed by atoms with Crippen LogP contribution in [0.1, 0.15) is 19.8 Å². The van der Waals surface area contributed by atoms with Crippen LogP contribution in [0.15, 0.2) is 23.1 Å². The van der Waals surface area contributed by atoms with Gasteiger partial charge in [-0.1, -0.05) is 13.3 Å². The topological polar surface area (TPSA) is 101 Å². The zero-order valence-electron chi connectivity index (χ0n) is 11.3. The van der Waals surface area contributed by atoms with E-state index in [2.05, 4.69) is 10.0 Å². The number of hydrogen-bond acceptors (Lipinski definition) is 5. The van der Waals surface area contributed by atoms with E-state index < -0.39 is 14.9 Å². The average molecular weight is 299 g/mol. The fourth-order valence-electron chi connectivity index (χ4n) is 2.15. The van der Waals surface area contributed by atoms with Crippen molar-refractivity contribution in [3.05, 3.63) is 28.3 Å². The zero-order chi connectivity index (χ0) is 14.9. The Hall–Kier alpha value is -1.67. The Kier molecular flexibility index (Phi) is 3.96. The molecule has 1 aromatic carbocycles. The largest absolute Gasteiger partial charge is 0.383 e. The Bertz CT molecular complexity index is 630. The molecule has 0 amide bonds. The number of benzene rings is 1. The SMILES string of the molecule is CCC1CC1NS(=O)(=O)c1ccc([N+](=O)[O-])c(NC)c1. The van der Waals surface area contributed by atoms with E-state index in [1.165, 1.54) is 25.2 Å². The van der Waals surface area contributed by atoms with Crippen LogP contribution in [0.2, 0.25) is 0 Å². The predicted molar refractivity (Wildman–Crippen MR) is 75.2 cm³/mol. The maximum absolute atomic E-state index is 12.2. The van der Waals surface area contributed by atoms with Crippen LogP contribution in [0.5, 0.6) is 0 Å². The highest BCUT2D eigenvalue weighted by Gasteiger charge is 2.38. The minimum Gasteiger partial charge on any atom is -0.383 e. The second-order valence-corrected chi connectivity index (χ2v) is 6.53. The molecule has 0 bridgehead atoms. The molecule has 1 aliphatic carbocycles. The third-order valence-electron chi connectivity index (χ3n) is 3.50. The lowest BCUT2D eigenvalue weighted by Crippen LogP contribution is -2.27. The van der Waals surface area contributed by atoms with Crippen LogP contribution in [0, 0.1) is 16.0 Å². The minimum atomic E-state index is -3.63. The number of rotatable bonds is 6. The van der Waals surface area contributed by atoms with Crippen molar-refractivity contribution in [2.75, 3.05) is 12.4 Å². The Morgan fingerprint density at radius 2 is 2.15 bits per heavy atom. The number of nitrogens with zero attached hydrogens (tertiary/aromatic N) is 1. The molecule has 0 aromatic heterocycles. The summed E-state index contributed by atoms with van der Waals surface area (Å²) in [4.78, 5) is 10.3. The van der Waals surface area contributed by atoms with Gasteiger partial charge >= 0.3 is 0 Å². The van der Waals surface area contributed by atoms with E-state index in [-0.39, 0.29) is 22.3 Å². The van der Waals surface area contributed by atoms with Gasteiger partial charge in [0.1, 0.15) is 5.69 Å². The lowest BCUT2D eigenvalue weighted by molar-refractivity contribution is -0.384. The molecule has 1 saturated carbocycles. The molecule has 2 atom stereocenters. The molecule has 0 saturated heterocycles. The molecule has 2 N–H and O–H groups in total. The van der Waals surface area contributed by atoms with Crippen molar-refractivity contribution in [3.8, 4) is 0 Å². The van der Waals surface area contributed by atoms with Crippen molar-refractivity contribution in [1.82, 2.24) is 4.72 Å². The average Bonchev–Trinajstić information content (AvgIpc) is 3.15. The van der Waals surface area contributed by atoms with Crippen LogP contribution in [0.3, 0.4) is 0 Å². The van der Waals surface area contributed by atoms with Gasteiger partial charge in [0.15, 0.2) is 0 Å². The molecule has 110 valence electrons. The van der Waals surface area contributed by atoms with Gasteiger partial charge in [0.2, 0.25) is 10.0 Å². The van der Waals surface area contributed by atoms with Crippen molar-refractivity contribution >= 4 is 21.4 Å². The van der Waals surface area contributed by atoms with Crippen molar-refractivity contribution in [1.29, 1.82) is 0 Å². The molecule has 2 unspecified atom stereocenters. The Balaban J connectivity index is 2.26. The first-order chi connectivity index (χ1) is 9.39. The van der Waals surface area contributed by atoms with E-state index in [0.717, 1.165) is 12.8 Å². The van der Waals surface area contributed by atoms with Gasteiger partial charge in [-0.2, -0.15) is 0 Å². The Morgan fingerprint density at radius 3 is 2.65 bits per heavy atom. The smallest absolute Gasteiger partial charge is 0.292 e. The quantitative estimate of drug-likeness (QED) is 0.615.